The molecule has 90 valence electrons. The van der Waals surface area contributed by atoms with Crippen molar-refractivity contribution in [2.45, 2.75) is 19.9 Å². The van der Waals surface area contributed by atoms with Crippen molar-refractivity contribution in [3.8, 4) is 10.6 Å². The maximum atomic E-state index is 5.92. The fraction of sp³-hybridized carbons (Fsp3) is 0.250. The minimum Gasteiger partial charge on any atom is -0.323 e. The molecule has 1 aromatic heterocycles. The molecule has 17 heavy (non-hydrogen) atoms. The van der Waals surface area contributed by atoms with E-state index in [1.165, 1.54) is 0 Å². The lowest BCUT2D eigenvalue weighted by Crippen LogP contribution is -2.03. The molecule has 5 heteroatoms. The van der Waals surface area contributed by atoms with E-state index in [2.05, 4.69) is 20.9 Å². The summed E-state index contributed by atoms with van der Waals surface area (Å²) in [6, 6.07) is 5.73. The molecule has 2 rings (SSSR count). The summed E-state index contributed by atoms with van der Waals surface area (Å²) < 4.78 is 0.954. The number of rotatable bonds is 2. The van der Waals surface area contributed by atoms with Gasteiger partial charge in [-0.1, -0.05) is 27.5 Å². The normalized spacial score (nSPS) is 12.8. The van der Waals surface area contributed by atoms with Crippen LogP contribution in [0.4, 0.5) is 0 Å². The molecule has 1 aromatic carbocycles. The summed E-state index contributed by atoms with van der Waals surface area (Å²) in [7, 11) is 0. The van der Waals surface area contributed by atoms with Crippen LogP contribution in [0.5, 0.6) is 0 Å². The molecule has 0 saturated heterocycles. The van der Waals surface area contributed by atoms with Gasteiger partial charge in [-0.05, 0) is 32.0 Å². The van der Waals surface area contributed by atoms with E-state index in [0.717, 1.165) is 25.6 Å². The molecule has 2 N–H and O–H groups in total. The molecule has 0 spiro atoms. The highest BCUT2D eigenvalue weighted by Crippen LogP contribution is 2.35. The number of hydrogen-bond donors (Lipinski definition) is 1. The van der Waals surface area contributed by atoms with Crippen LogP contribution in [-0.4, -0.2) is 4.98 Å². The second-order valence-electron chi connectivity index (χ2n) is 3.88. The van der Waals surface area contributed by atoms with E-state index in [1.807, 2.05) is 32.0 Å². The zero-order valence-corrected chi connectivity index (χ0v) is 12.7. The topological polar surface area (TPSA) is 38.9 Å². The van der Waals surface area contributed by atoms with Gasteiger partial charge in [-0.15, -0.1) is 11.3 Å². The predicted molar refractivity (Wildman–Crippen MR) is 77.6 cm³/mol. The van der Waals surface area contributed by atoms with Crippen molar-refractivity contribution in [3.05, 3.63) is 38.3 Å². The third-order valence-corrected chi connectivity index (χ3v) is 4.69. The Labute approximate surface area is 118 Å². The Morgan fingerprint density at radius 3 is 2.71 bits per heavy atom. The van der Waals surface area contributed by atoms with Crippen LogP contribution in [0.25, 0.3) is 10.6 Å². The van der Waals surface area contributed by atoms with Crippen LogP contribution in [0.2, 0.25) is 5.02 Å². The molecular weight excluding hydrogens is 320 g/mol. The third kappa shape index (κ3) is 2.71. The fourth-order valence-corrected chi connectivity index (χ4v) is 3.67. The van der Waals surface area contributed by atoms with Crippen molar-refractivity contribution in [3.63, 3.8) is 0 Å². The molecule has 2 nitrogen and oxygen atoms in total. The molecule has 0 bridgehead atoms. The lowest BCUT2D eigenvalue weighted by molar-refractivity contribution is 0.825. The van der Waals surface area contributed by atoms with E-state index < -0.39 is 0 Å². The number of thiazole rings is 1. The molecule has 1 heterocycles. The first-order valence-corrected chi connectivity index (χ1v) is 7.16. The Bertz CT molecular complexity index is 551. The molecule has 0 amide bonds. The molecule has 2 aromatic rings. The van der Waals surface area contributed by atoms with Gasteiger partial charge in [0.15, 0.2) is 0 Å². The number of nitrogens with zero attached hydrogens (tertiary/aromatic N) is 1. The van der Waals surface area contributed by atoms with Gasteiger partial charge >= 0.3 is 0 Å². The van der Waals surface area contributed by atoms with Gasteiger partial charge in [0, 0.05) is 26.0 Å². The van der Waals surface area contributed by atoms with E-state index in [4.69, 9.17) is 17.3 Å². The summed E-state index contributed by atoms with van der Waals surface area (Å²) in [5.41, 5.74) is 7.96. The zero-order valence-electron chi connectivity index (χ0n) is 9.50. The fourth-order valence-electron chi connectivity index (χ4n) is 1.61. The van der Waals surface area contributed by atoms with Crippen LogP contribution in [-0.2, 0) is 0 Å². The van der Waals surface area contributed by atoms with Crippen molar-refractivity contribution in [2.75, 3.05) is 0 Å². The Kier molecular flexibility index (Phi) is 3.88. The first-order chi connectivity index (χ1) is 7.99. The van der Waals surface area contributed by atoms with Crippen molar-refractivity contribution < 1.29 is 0 Å². The smallest absolute Gasteiger partial charge is 0.125 e. The Morgan fingerprint density at radius 1 is 1.47 bits per heavy atom. The van der Waals surface area contributed by atoms with Gasteiger partial charge < -0.3 is 5.73 Å². The number of halogens is 2. The van der Waals surface area contributed by atoms with Crippen LogP contribution in [0.15, 0.2) is 22.7 Å². The van der Waals surface area contributed by atoms with E-state index >= 15 is 0 Å². The average Bonchev–Trinajstić information content (AvgIpc) is 2.60. The van der Waals surface area contributed by atoms with Gasteiger partial charge in [-0.25, -0.2) is 4.98 Å². The molecule has 0 aliphatic rings. The Balaban J connectivity index is 2.50. The summed E-state index contributed by atoms with van der Waals surface area (Å²) in [5.74, 6) is 0. The summed E-state index contributed by atoms with van der Waals surface area (Å²) in [4.78, 5) is 5.68. The maximum Gasteiger partial charge on any atom is 0.125 e. The SMILES string of the molecule is Cc1nc(-c2ccc(Cl)cc2Br)sc1C(C)N. The van der Waals surface area contributed by atoms with Crippen molar-refractivity contribution in [1.29, 1.82) is 0 Å². The monoisotopic (exact) mass is 330 g/mol. The average molecular weight is 332 g/mol. The molecule has 1 unspecified atom stereocenters. The van der Waals surface area contributed by atoms with Gasteiger partial charge in [0.2, 0.25) is 0 Å². The molecule has 1 atom stereocenters. The summed E-state index contributed by atoms with van der Waals surface area (Å²) in [6.07, 6.45) is 0. The second-order valence-corrected chi connectivity index (χ2v) is 6.20. The van der Waals surface area contributed by atoms with Gasteiger partial charge in [-0.2, -0.15) is 0 Å². The minimum absolute atomic E-state index is 0.0207. The molecule has 0 aliphatic carbocycles. The number of aryl methyl sites for hydroxylation is 1. The minimum atomic E-state index is 0.0207. The van der Waals surface area contributed by atoms with Gasteiger partial charge in [-0.3, -0.25) is 0 Å². The van der Waals surface area contributed by atoms with Crippen LogP contribution < -0.4 is 5.73 Å². The Morgan fingerprint density at radius 2 is 2.18 bits per heavy atom. The first-order valence-electron chi connectivity index (χ1n) is 5.17. The van der Waals surface area contributed by atoms with E-state index in [0.29, 0.717) is 5.02 Å². The number of benzene rings is 1. The van der Waals surface area contributed by atoms with Crippen LogP contribution in [0, 0.1) is 6.92 Å². The molecular formula is C12H12BrClN2S. The summed E-state index contributed by atoms with van der Waals surface area (Å²) in [6.45, 7) is 3.96. The number of nitrogens with two attached hydrogens (primary N) is 1. The van der Waals surface area contributed by atoms with E-state index in [1.54, 1.807) is 11.3 Å². The number of hydrogen-bond acceptors (Lipinski definition) is 3. The summed E-state index contributed by atoms with van der Waals surface area (Å²) in [5, 5.41) is 1.68. The molecule has 0 fully saturated rings. The largest absolute Gasteiger partial charge is 0.323 e. The summed E-state index contributed by atoms with van der Waals surface area (Å²) >= 11 is 11.1. The van der Waals surface area contributed by atoms with Crippen molar-refractivity contribution in [2.24, 2.45) is 5.73 Å². The van der Waals surface area contributed by atoms with Gasteiger partial charge in [0.25, 0.3) is 0 Å². The standard InChI is InChI=1S/C12H12BrClN2S/c1-6(15)11-7(2)16-12(17-11)9-4-3-8(14)5-10(9)13/h3-6H,15H2,1-2H3. The highest BCUT2D eigenvalue weighted by molar-refractivity contribution is 9.10. The highest BCUT2D eigenvalue weighted by Gasteiger charge is 2.14. The zero-order chi connectivity index (χ0) is 12.6. The van der Waals surface area contributed by atoms with Crippen LogP contribution >= 0.6 is 38.9 Å². The maximum absolute atomic E-state index is 5.92. The third-order valence-electron chi connectivity index (χ3n) is 2.41. The van der Waals surface area contributed by atoms with Gasteiger partial charge in [0.05, 0.1) is 5.69 Å². The lowest BCUT2D eigenvalue weighted by atomic mass is 10.2. The predicted octanol–water partition coefficient (Wildman–Crippen LogP) is 4.55. The number of aromatic nitrogens is 1. The Hall–Kier alpha value is -0.420. The molecule has 0 aliphatic heterocycles. The van der Waals surface area contributed by atoms with E-state index in [9.17, 15) is 0 Å². The quantitative estimate of drug-likeness (QED) is 0.876. The first kappa shape index (κ1) is 13.0. The van der Waals surface area contributed by atoms with Crippen molar-refractivity contribution >= 4 is 38.9 Å². The molecule has 0 radical (unpaired) electrons. The lowest BCUT2D eigenvalue weighted by Gasteiger charge is -2.01. The van der Waals surface area contributed by atoms with Gasteiger partial charge in [0.1, 0.15) is 5.01 Å². The second kappa shape index (κ2) is 5.06. The van der Waals surface area contributed by atoms with Crippen LogP contribution in [0.3, 0.4) is 0 Å². The van der Waals surface area contributed by atoms with Crippen molar-refractivity contribution in [1.82, 2.24) is 4.98 Å². The highest BCUT2D eigenvalue weighted by atomic mass is 79.9. The van der Waals surface area contributed by atoms with Crippen LogP contribution in [0.1, 0.15) is 23.5 Å². The molecule has 0 saturated carbocycles. The van der Waals surface area contributed by atoms with E-state index in [-0.39, 0.29) is 6.04 Å².